The van der Waals surface area contributed by atoms with Crippen molar-refractivity contribution in [3.8, 4) is 12.3 Å². The predicted octanol–water partition coefficient (Wildman–Crippen LogP) is 1.20. The number of carbonyl (C=O) groups excluding carboxylic acids is 1. The third kappa shape index (κ3) is 9.24. The lowest BCUT2D eigenvalue weighted by Crippen LogP contribution is -2.36. The van der Waals surface area contributed by atoms with E-state index in [9.17, 15) is 9.59 Å². The van der Waals surface area contributed by atoms with Crippen LogP contribution in [0.2, 0.25) is 0 Å². The molecule has 0 spiro atoms. The van der Waals surface area contributed by atoms with Crippen LogP contribution in [0, 0.1) is 18.3 Å². The van der Waals surface area contributed by atoms with E-state index < -0.39 is 5.97 Å². The summed E-state index contributed by atoms with van der Waals surface area (Å²) in [5, 5.41) is 13.7. The molecule has 0 heterocycles. The molecule has 0 saturated heterocycles. The molecule has 0 aromatic rings. The molecule has 17 heavy (non-hydrogen) atoms. The molecule has 0 aliphatic heterocycles. The molecule has 2 amide bonds. The van der Waals surface area contributed by atoms with Crippen molar-refractivity contribution in [3.05, 3.63) is 0 Å². The molecule has 0 bridgehead atoms. The number of aliphatic carboxylic acids is 1. The van der Waals surface area contributed by atoms with E-state index in [0.29, 0.717) is 18.9 Å². The van der Waals surface area contributed by atoms with Gasteiger partial charge in [0.05, 0.1) is 6.54 Å². The van der Waals surface area contributed by atoms with Gasteiger partial charge in [0.15, 0.2) is 0 Å². The third-order valence-electron chi connectivity index (χ3n) is 2.53. The van der Waals surface area contributed by atoms with Gasteiger partial charge < -0.3 is 15.7 Å². The van der Waals surface area contributed by atoms with E-state index in [1.165, 1.54) is 0 Å². The minimum absolute atomic E-state index is 0.182. The molecule has 3 N–H and O–H groups in total. The normalized spacial score (nSPS) is 11.3. The molecular weight excluding hydrogens is 220 g/mol. The average Bonchev–Trinajstić information content (AvgIpc) is 2.30. The number of hydrogen-bond donors (Lipinski definition) is 3. The SMILES string of the molecule is C#CCNC(=O)NCCC(CC)CCC(=O)O. The maximum atomic E-state index is 11.1. The molecule has 0 rings (SSSR count). The van der Waals surface area contributed by atoms with Crippen LogP contribution < -0.4 is 10.6 Å². The molecular formula is C12H20N2O3. The van der Waals surface area contributed by atoms with Crippen molar-refractivity contribution in [2.45, 2.75) is 32.6 Å². The molecule has 1 unspecified atom stereocenters. The minimum Gasteiger partial charge on any atom is -0.481 e. The number of carboxylic acid groups (broad SMARTS) is 1. The summed E-state index contributed by atoms with van der Waals surface area (Å²) >= 11 is 0. The van der Waals surface area contributed by atoms with Crippen molar-refractivity contribution in [3.63, 3.8) is 0 Å². The maximum absolute atomic E-state index is 11.1. The van der Waals surface area contributed by atoms with E-state index in [4.69, 9.17) is 11.5 Å². The van der Waals surface area contributed by atoms with Crippen LogP contribution in [0.4, 0.5) is 4.79 Å². The molecule has 0 saturated carbocycles. The van der Waals surface area contributed by atoms with E-state index in [1.54, 1.807) is 0 Å². The number of carboxylic acids is 1. The zero-order chi connectivity index (χ0) is 13.1. The Labute approximate surface area is 102 Å². The van der Waals surface area contributed by atoms with Crippen LogP contribution in [-0.2, 0) is 4.79 Å². The summed E-state index contributed by atoms with van der Waals surface area (Å²) in [4.78, 5) is 21.5. The van der Waals surface area contributed by atoms with Crippen molar-refractivity contribution in [2.24, 2.45) is 5.92 Å². The molecule has 0 aromatic carbocycles. The summed E-state index contributed by atoms with van der Waals surface area (Å²) in [5.74, 6) is 1.86. The van der Waals surface area contributed by atoms with Gasteiger partial charge in [0, 0.05) is 13.0 Å². The fourth-order valence-corrected chi connectivity index (χ4v) is 1.46. The number of amides is 2. The Morgan fingerprint density at radius 1 is 1.35 bits per heavy atom. The highest BCUT2D eigenvalue weighted by Crippen LogP contribution is 2.14. The van der Waals surface area contributed by atoms with Gasteiger partial charge in [0.2, 0.25) is 0 Å². The molecule has 0 fully saturated rings. The number of carbonyl (C=O) groups is 2. The Morgan fingerprint density at radius 2 is 2.06 bits per heavy atom. The molecule has 0 aliphatic carbocycles. The number of hydrogen-bond acceptors (Lipinski definition) is 2. The highest BCUT2D eigenvalue weighted by molar-refractivity contribution is 5.74. The van der Waals surface area contributed by atoms with Crippen LogP contribution in [0.15, 0.2) is 0 Å². The lowest BCUT2D eigenvalue weighted by atomic mass is 9.97. The summed E-state index contributed by atoms with van der Waals surface area (Å²) in [7, 11) is 0. The van der Waals surface area contributed by atoms with Gasteiger partial charge in [-0.05, 0) is 18.8 Å². The first-order valence-electron chi connectivity index (χ1n) is 5.77. The van der Waals surface area contributed by atoms with Gasteiger partial charge in [-0.3, -0.25) is 4.79 Å². The fourth-order valence-electron chi connectivity index (χ4n) is 1.46. The molecule has 5 nitrogen and oxygen atoms in total. The molecule has 5 heteroatoms. The third-order valence-corrected chi connectivity index (χ3v) is 2.53. The Kier molecular flexibility index (Phi) is 8.57. The minimum atomic E-state index is -0.775. The smallest absolute Gasteiger partial charge is 0.315 e. The van der Waals surface area contributed by atoms with Crippen molar-refractivity contribution < 1.29 is 14.7 Å². The summed E-state index contributed by atoms with van der Waals surface area (Å²) in [6.45, 7) is 2.77. The van der Waals surface area contributed by atoms with E-state index in [2.05, 4.69) is 16.6 Å². The van der Waals surface area contributed by atoms with Gasteiger partial charge in [-0.1, -0.05) is 19.3 Å². The standard InChI is InChI=1S/C12H20N2O3/c1-3-8-13-12(17)14-9-7-10(4-2)5-6-11(15)16/h1,10H,4-9H2,2H3,(H,15,16)(H2,13,14,17). The van der Waals surface area contributed by atoms with Gasteiger partial charge in [-0.25, -0.2) is 4.79 Å². The molecule has 1 atom stereocenters. The maximum Gasteiger partial charge on any atom is 0.315 e. The Bertz CT molecular complexity index is 284. The second-order valence-corrected chi connectivity index (χ2v) is 3.81. The summed E-state index contributed by atoms with van der Waals surface area (Å²) in [6, 6.07) is -0.281. The molecule has 96 valence electrons. The molecule has 0 radical (unpaired) electrons. The molecule has 0 aromatic heterocycles. The number of nitrogens with one attached hydrogen (secondary N) is 2. The largest absolute Gasteiger partial charge is 0.481 e. The van der Waals surface area contributed by atoms with E-state index in [-0.39, 0.29) is 19.0 Å². The van der Waals surface area contributed by atoms with Gasteiger partial charge in [-0.15, -0.1) is 6.42 Å². The first kappa shape index (κ1) is 15.3. The quantitative estimate of drug-likeness (QED) is 0.558. The topological polar surface area (TPSA) is 78.4 Å². The zero-order valence-corrected chi connectivity index (χ0v) is 10.2. The first-order chi connectivity index (χ1) is 8.10. The number of urea groups is 1. The van der Waals surface area contributed by atoms with E-state index in [0.717, 1.165) is 12.8 Å². The van der Waals surface area contributed by atoms with Crippen LogP contribution in [0.1, 0.15) is 32.6 Å². The van der Waals surface area contributed by atoms with Crippen molar-refractivity contribution in [2.75, 3.05) is 13.1 Å². The summed E-state index contributed by atoms with van der Waals surface area (Å²) in [6.07, 6.45) is 7.53. The van der Waals surface area contributed by atoms with Crippen LogP contribution in [-0.4, -0.2) is 30.2 Å². The van der Waals surface area contributed by atoms with Gasteiger partial charge in [-0.2, -0.15) is 0 Å². The average molecular weight is 240 g/mol. The Morgan fingerprint density at radius 3 is 2.59 bits per heavy atom. The highest BCUT2D eigenvalue weighted by Gasteiger charge is 2.09. The number of terminal acetylenes is 1. The van der Waals surface area contributed by atoms with Crippen LogP contribution in [0.3, 0.4) is 0 Å². The Hall–Kier alpha value is -1.70. The van der Waals surface area contributed by atoms with Crippen molar-refractivity contribution >= 4 is 12.0 Å². The number of rotatable bonds is 8. The van der Waals surface area contributed by atoms with Crippen LogP contribution >= 0.6 is 0 Å². The highest BCUT2D eigenvalue weighted by atomic mass is 16.4. The molecule has 0 aliphatic rings. The second-order valence-electron chi connectivity index (χ2n) is 3.81. The van der Waals surface area contributed by atoms with Crippen LogP contribution in [0.5, 0.6) is 0 Å². The lowest BCUT2D eigenvalue weighted by molar-refractivity contribution is -0.137. The van der Waals surface area contributed by atoms with Crippen molar-refractivity contribution in [1.82, 2.24) is 10.6 Å². The predicted molar refractivity (Wildman–Crippen MR) is 65.5 cm³/mol. The van der Waals surface area contributed by atoms with E-state index in [1.807, 2.05) is 6.92 Å². The zero-order valence-electron chi connectivity index (χ0n) is 10.2. The van der Waals surface area contributed by atoms with Crippen molar-refractivity contribution in [1.29, 1.82) is 0 Å². The van der Waals surface area contributed by atoms with Crippen LogP contribution in [0.25, 0.3) is 0 Å². The first-order valence-corrected chi connectivity index (χ1v) is 5.77. The summed E-state index contributed by atoms with van der Waals surface area (Å²) < 4.78 is 0. The summed E-state index contributed by atoms with van der Waals surface area (Å²) in [5.41, 5.74) is 0. The second kappa shape index (κ2) is 9.52. The van der Waals surface area contributed by atoms with Gasteiger partial charge in [0.1, 0.15) is 0 Å². The van der Waals surface area contributed by atoms with E-state index >= 15 is 0 Å². The fraction of sp³-hybridized carbons (Fsp3) is 0.667. The Balaban J connectivity index is 3.65. The lowest BCUT2D eigenvalue weighted by Gasteiger charge is -2.13. The monoisotopic (exact) mass is 240 g/mol. The van der Waals surface area contributed by atoms with Gasteiger partial charge in [0.25, 0.3) is 0 Å². The van der Waals surface area contributed by atoms with Gasteiger partial charge >= 0.3 is 12.0 Å².